The van der Waals surface area contributed by atoms with Gasteiger partial charge in [0.25, 0.3) is 0 Å². The molecule has 0 aromatic heterocycles. The predicted octanol–water partition coefficient (Wildman–Crippen LogP) is 0.124. The molecule has 0 bridgehead atoms. The van der Waals surface area contributed by atoms with Crippen LogP contribution in [0.5, 0.6) is 0 Å². The zero-order valence-electron chi connectivity index (χ0n) is 4.89. The molecule has 0 atom stereocenters. The molecule has 2 aliphatic rings. The second-order valence-corrected chi connectivity index (χ2v) is 2.97. The van der Waals surface area contributed by atoms with Gasteiger partial charge in [-0.15, -0.1) is 0 Å². The monoisotopic (exact) mass is 113 g/mol. The summed E-state index contributed by atoms with van der Waals surface area (Å²) < 4.78 is 5.02. The standard InChI is InChI=1S/C6H11NO/c7-6(1-2-6)5-3-8-4-5/h5H,1-4,7H2. The van der Waals surface area contributed by atoms with E-state index in [0.29, 0.717) is 5.92 Å². The highest BCUT2D eigenvalue weighted by atomic mass is 16.5. The smallest absolute Gasteiger partial charge is 0.0534 e. The fourth-order valence-corrected chi connectivity index (χ4v) is 1.12. The van der Waals surface area contributed by atoms with Gasteiger partial charge in [0.05, 0.1) is 13.2 Å². The molecule has 1 aliphatic heterocycles. The Bertz CT molecular complexity index is 105. The van der Waals surface area contributed by atoms with Crippen molar-refractivity contribution in [1.29, 1.82) is 0 Å². The molecule has 1 saturated heterocycles. The van der Waals surface area contributed by atoms with Crippen LogP contribution < -0.4 is 5.73 Å². The molecule has 2 heteroatoms. The van der Waals surface area contributed by atoms with Gasteiger partial charge in [0.2, 0.25) is 0 Å². The summed E-state index contributed by atoms with van der Waals surface area (Å²) in [5, 5.41) is 0. The summed E-state index contributed by atoms with van der Waals surface area (Å²) in [6.45, 7) is 1.83. The van der Waals surface area contributed by atoms with Gasteiger partial charge in [-0.2, -0.15) is 0 Å². The Labute approximate surface area is 49.0 Å². The third-order valence-electron chi connectivity index (χ3n) is 2.28. The first-order chi connectivity index (χ1) is 3.81. The lowest BCUT2D eigenvalue weighted by Crippen LogP contribution is -2.44. The number of rotatable bonds is 1. The average Bonchev–Trinajstić information content (AvgIpc) is 2.12. The summed E-state index contributed by atoms with van der Waals surface area (Å²) in [4.78, 5) is 0. The van der Waals surface area contributed by atoms with Gasteiger partial charge in [0.1, 0.15) is 0 Å². The fourth-order valence-electron chi connectivity index (χ4n) is 1.12. The topological polar surface area (TPSA) is 35.2 Å². The Morgan fingerprint density at radius 2 is 2.00 bits per heavy atom. The average molecular weight is 113 g/mol. The highest BCUT2D eigenvalue weighted by molar-refractivity contribution is 5.05. The molecule has 0 aromatic carbocycles. The minimum Gasteiger partial charge on any atom is -0.381 e. The second kappa shape index (κ2) is 1.25. The van der Waals surface area contributed by atoms with Crippen LogP contribution in [0.3, 0.4) is 0 Å². The molecular formula is C6H11NO. The van der Waals surface area contributed by atoms with Crippen molar-refractivity contribution < 1.29 is 4.74 Å². The number of hydrogen-bond acceptors (Lipinski definition) is 2. The maximum Gasteiger partial charge on any atom is 0.0534 e. The van der Waals surface area contributed by atoms with Crippen LogP contribution in [0, 0.1) is 5.92 Å². The molecule has 1 heterocycles. The van der Waals surface area contributed by atoms with E-state index in [9.17, 15) is 0 Å². The number of hydrogen-bond donors (Lipinski definition) is 1. The van der Waals surface area contributed by atoms with E-state index in [1.807, 2.05) is 0 Å². The van der Waals surface area contributed by atoms with Crippen molar-refractivity contribution in [3.63, 3.8) is 0 Å². The van der Waals surface area contributed by atoms with Gasteiger partial charge < -0.3 is 10.5 Å². The lowest BCUT2D eigenvalue weighted by molar-refractivity contribution is -0.0487. The predicted molar refractivity (Wildman–Crippen MR) is 30.5 cm³/mol. The van der Waals surface area contributed by atoms with Crippen LogP contribution in [-0.2, 0) is 4.74 Å². The summed E-state index contributed by atoms with van der Waals surface area (Å²) in [6.07, 6.45) is 2.45. The lowest BCUT2D eigenvalue weighted by Gasteiger charge is -2.31. The van der Waals surface area contributed by atoms with E-state index >= 15 is 0 Å². The summed E-state index contributed by atoms with van der Waals surface area (Å²) in [6, 6.07) is 0. The molecule has 8 heavy (non-hydrogen) atoms. The fraction of sp³-hybridized carbons (Fsp3) is 1.00. The van der Waals surface area contributed by atoms with E-state index in [0.717, 1.165) is 13.2 Å². The van der Waals surface area contributed by atoms with Gasteiger partial charge in [0.15, 0.2) is 0 Å². The number of nitrogens with two attached hydrogens (primary N) is 1. The van der Waals surface area contributed by atoms with Crippen molar-refractivity contribution in [3.05, 3.63) is 0 Å². The third-order valence-corrected chi connectivity index (χ3v) is 2.28. The van der Waals surface area contributed by atoms with Gasteiger partial charge in [-0.05, 0) is 12.8 Å². The molecule has 1 saturated carbocycles. The zero-order chi connectivity index (χ0) is 5.61. The van der Waals surface area contributed by atoms with Gasteiger partial charge in [0, 0.05) is 11.5 Å². The molecule has 0 unspecified atom stereocenters. The van der Waals surface area contributed by atoms with Gasteiger partial charge in [-0.1, -0.05) is 0 Å². The van der Waals surface area contributed by atoms with Crippen molar-refractivity contribution in [2.24, 2.45) is 11.7 Å². The largest absolute Gasteiger partial charge is 0.381 e. The highest BCUT2D eigenvalue weighted by Gasteiger charge is 2.48. The lowest BCUT2D eigenvalue weighted by atomic mass is 9.97. The van der Waals surface area contributed by atoms with Crippen LogP contribution in [0.25, 0.3) is 0 Å². The number of ether oxygens (including phenoxy) is 1. The molecule has 2 rings (SSSR count). The van der Waals surface area contributed by atoms with Gasteiger partial charge in [-0.25, -0.2) is 0 Å². The molecule has 2 N–H and O–H groups in total. The quantitative estimate of drug-likeness (QED) is 0.524. The molecule has 46 valence electrons. The van der Waals surface area contributed by atoms with E-state index in [1.54, 1.807) is 0 Å². The molecule has 0 amide bonds. The maximum atomic E-state index is 5.87. The minimum atomic E-state index is 0.220. The Hall–Kier alpha value is -0.0800. The molecule has 0 spiro atoms. The Morgan fingerprint density at radius 1 is 1.38 bits per heavy atom. The summed E-state index contributed by atoms with van der Waals surface area (Å²) in [5.74, 6) is 0.697. The summed E-state index contributed by atoms with van der Waals surface area (Å²) in [7, 11) is 0. The van der Waals surface area contributed by atoms with Crippen molar-refractivity contribution >= 4 is 0 Å². The minimum absolute atomic E-state index is 0.220. The van der Waals surface area contributed by atoms with E-state index < -0.39 is 0 Å². The first-order valence-corrected chi connectivity index (χ1v) is 3.18. The van der Waals surface area contributed by atoms with Crippen LogP contribution >= 0.6 is 0 Å². The van der Waals surface area contributed by atoms with Crippen molar-refractivity contribution in [2.75, 3.05) is 13.2 Å². The third kappa shape index (κ3) is 0.501. The molecule has 1 aliphatic carbocycles. The summed E-state index contributed by atoms with van der Waals surface area (Å²) in [5.41, 5.74) is 6.09. The van der Waals surface area contributed by atoms with Crippen molar-refractivity contribution in [1.82, 2.24) is 0 Å². The zero-order valence-corrected chi connectivity index (χ0v) is 4.89. The van der Waals surface area contributed by atoms with E-state index in [4.69, 9.17) is 10.5 Å². The second-order valence-electron chi connectivity index (χ2n) is 2.97. The van der Waals surface area contributed by atoms with Crippen LogP contribution in [0.4, 0.5) is 0 Å². The summed E-state index contributed by atoms with van der Waals surface area (Å²) >= 11 is 0. The molecular weight excluding hydrogens is 102 g/mol. The van der Waals surface area contributed by atoms with Gasteiger partial charge >= 0.3 is 0 Å². The van der Waals surface area contributed by atoms with Crippen LogP contribution in [-0.4, -0.2) is 18.8 Å². The molecule has 2 fully saturated rings. The van der Waals surface area contributed by atoms with Crippen molar-refractivity contribution in [3.8, 4) is 0 Å². The van der Waals surface area contributed by atoms with E-state index in [-0.39, 0.29) is 5.54 Å². The molecule has 0 radical (unpaired) electrons. The maximum absolute atomic E-state index is 5.87. The molecule has 0 aromatic rings. The van der Waals surface area contributed by atoms with Crippen LogP contribution in [0.1, 0.15) is 12.8 Å². The first kappa shape index (κ1) is 4.77. The van der Waals surface area contributed by atoms with E-state index in [1.165, 1.54) is 12.8 Å². The normalized spacial score (nSPS) is 34.1. The Morgan fingerprint density at radius 3 is 2.12 bits per heavy atom. The highest BCUT2D eigenvalue weighted by Crippen LogP contribution is 2.42. The Kier molecular flexibility index (Phi) is 0.746. The van der Waals surface area contributed by atoms with Gasteiger partial charge in [-0.3, -0.25) is 0 Å². The van der Waals surface area contributed by atoms with E-state index in [2.05, 4.69) is 0 Å². The van der Waals surface area contributed by atoms with Crippen molar-refractivity contribution in [2.45, 2.75) is 18.4 Å². The first-order valence-electron chi connectivity index (χ1n) is 3.18. The Balaban J connectivity index is 1.95. The molecule has 2 nitrogen and oxygen atoms in total. The van der Waals surface area contributed by atoms with Crippen LogP contribution in [0.15, 0.2) is 0 Å². The SMILES string of the molecule is NC1(C2COC2)CC1. The van der Waals surface area contributed by atoms with Crippen LogP contribution in [0.2, 0.25) is 0 Å².